The predicted molar refractivity (Wildman–Crippen MR) is 131 cm³/mol. The van der Waals surface area contributed by atoms with Crippen LogP contribution in [-0.4, -0.2) is 44.2 Å². The maximum atomic E-state index is 13.1. The highest BCUT2D eigenvalue weighted by atomic mass is 19.4. The van der Waals surface area contributed by atoms with Crippen molar-refractivity contribution in [1.29, 1.82) is 0 Å². The van der Waals surface area contributed by atoms with E-state index in [0.717, 1.165) is 23.3 Å². The lowest BCUT2D eigenvalue weighted by Crippen LogP contribution is -2.25. The number of carboxylic acids is 1. The van der Waals surface area contributed by atoms with Gasteiger partial charge in [0.05, 0.1) is 5.56 Å². The molecule has 4 rings (SSSR count). The first-order chi connectivity index (χ1) is 16.9. The van der Waals surface area contributed by atoms with Gasteiger partial charge in [-0.05, 0) is 36.6 Å². The number of rotatable bonds is 7. The fraction of sp³-hybridized carbons (Fsp3) is 0.308. The van der Waals surface area contributed by atoms with E-state index in [2.05, 4.69) is 15.0 Å². The summed E-state index contributed by atoms with van der Waals surface area (Å²) >= 11 is 0. The van der Waals surface area contributed by atoms with Crippen molar-refractivity contribution in [2.45, 2.75) is 33.5 Å². The maximum Gasteiger partial charge on any atom is 0.416 e. The smallest absolute Gasteiger partial charge is 0.416 e. The van der Waals surface area contributed by atoms with Crippen LogP contribution < -0.4 is 4.90 Å². The highest BCUT2D eigenvalue weighted by Gasteiger charge is 2.30. The summed E-state index contributed by atoms with van der Waals surface area (Å²) in [5.41, 5.74) is 2.38. The number of hydrogen-bond donors (Lipinski definition) is 1. The SMILES string of the molecule is Cc1cccc(-c2nc3nc(C(=O)O)nc(N(C)CC(C)C)c3n2Cc2ccc(C(F)(F)F)cc2)c1. The largest absolute Gasteiger partial charge is 0.475 e. The van der Waals surface area contributed by atoms with Crippen LogP contribution in [0.2, 0.25) is 0 Å². The van der Waals surface area contributed by atoms with Gasteiger partial charge >= 0.3 is 12.1 Å². The number of hydrogen-bond acceptors (Lipinski definition) is 5. The molecule has 188 valence electrons. The molecular weight excluding hydrogens is 471 g/mol. The monoisotopic (exact) mass is 497 g/mol. The van der Waals surface area contributed by atoms with Crippen LogP contribution in [0.25, 0.3) is 22.6 Å². The third-order valence-corrected chi connectivity index (χ3v) is 5.67. The first-order valence-electron chi connectivity index (χ1n) is 11.4. The summed E-state index contributed by atoms with van der Waals surface area (Å²) in [4.78, 5) is 26.8. The van der Waals surface area contributed by atoms with Gasteiger partial charge in [-0.1, -0.05) is 49.7 Å². The fourth-order valence-electron chi connectivity index (χ4n) is 4.15. The number of nitrogens with zero attached hydrogens (tertiary/aromatic N) is 5. The van der Waals surface area contributed by atoms with Gasteiger partial charge in [0.2, 0.25) is 5.82 Å². The normalized spacial score (nSPS) is 11.9. The Balaban J connectivity index is 1.96. The predicted octanol–water partition coefficient (Wildman–Crippen LogP) is 5.66. The van der Waals surface area contributed by atoms with Crippen LogP contribution >= 0.6 is 0 Å². The van der Waals surface area contributed by atoms with E-state index in [4.69, 9.17) is 0 Å². The zero-order valence-corrected chi connectivity index (χ0v) is 20.3. The summed E-state index contributed by atoms with van der Waals surface area (Å²) in [6, 6.07) is 12.6. The third-order valence-electron chi connectivity index (χ3n) is 5.67. The highest BCUT2D eigenvalue weighted by molar-refractivity contribution is 5.92. The van der Waals surface area contributed by atoms with Gasteiger partial charge in [-0.2, -0.15) is 13.2 Å². The number of aromatic nitrogens is 4. The topological polar surface area (TPSA) is 84.1 Å². The molecule has 0 aliphatic heterocycles. The summed E-state index contributed by atoms with van der Waals surface area (Å²) in [7, 11) is 1.81. The summed E-state index contributed by atoms with van der Waals surface area (Å²) < 4.78 is 41.1. The van der Waals surface area contributed by atoms with Crippen LogP contribution in [0.3, 0.4) is 0 Å². The van der Waals surface area contributed by atoms with Crippen LogP contribution in [-0.2, 0) is 12.7 Å². The van der Waals surface area contributed by atoms with E-state index in [-0.39, 0.29) is 23.9 Å². The molecule has 10 heteroatoms. The molecule has 0 atom stereocenters. The van der Waals surface area contributed by atoms with Gasteiger partial charge in [0.25, 0.3) is 0 Å². The van der Waals surface area contributed by atoms with Gasteiger partial charge in [0, 0.05) is 25.7 Å². The summed E-state index contributed by atoms with van der Waals surface area (Å²) in [5.74, 6) is -0.474. The summed E-state index contributed by atoms with van der Waals surface area (Å²) in [6.07, 6.45) is -4.43. The molecule has 0 amide bonds. The van der Waals surface area contributed by atoms with Crippen molar-refractivity contribution < 1.29 is 23.1 Å². The van der Waals surface area contributed by atoms with Gasteiger partial charge in [0.1, 0.15) is 11.3 Å². The Morgan fingerprint density at radius 1 is 1.08 bits per heavy atom. The van der Waals surface area contributed by atoms with Crippen LogP contribution in [0, 0.1) is 12.8 Å². The molecule has 7 nitrogen and oxygen atoms in total. The van der Waals surface area contributed by atoms with Gasteiger partial charge in [-0.15, -0.1) is 0 Å². The molecule has 0 spiro atoms. The molecule has 0 bridgehead atoms. The zero-order valence-electron chi connectivity index (χ0n) is 20.3. The highest BCUT2D eigenvalue weighted by Crippen LogP contribution is 2.33. The molecule has 0 radical (unpaired) electrons. The van der Waals surface area contributed by atoms with Crippen LogP contribution in [0.1, 0.15) is 41.2 Å². The van der Waals surface area contributed by atoms with Crippen molar-refractivity contribution in [3.8, 4) is 11.4 Å². The molecule has 2 heterocycles. The number of imidazole rings is 1. The van der Waals surface area contributed by atoms with Gasteiger partial charge in [0.15, 0.2) is 11.5 Å². The average Bonchev–Trinajstić information content (AvgIpc) is 3.16. The Kier molecular flexibility index (Phi) is 6.71. The van der Waals surface area contributed by atoms with Crippen molar-refractivity contribution in [3.63, 3.8) is 0 Å². The Labute approximate surface area is 206 Å². The molecule has 0 saturated carbocycles. The lowest BCUT2D eigenvalue weighted by Gasteiger charge is -2.22. The number of carboxylic acid groups (broad SMARTS) is 1. The first kappa shape index (κ1) is 25.2. The Hall–Kier alpha value is -3.95. The first-order valence-corrected chi connectivity index (χ1v) is 11.4. The molecule has 2 aromatic heterocycles. The molecule has 0 aliphatic carbocycles. The molecule has 0 unspecified atom stereocenters. The van der Waals surface area contributed by atoms with Crippen molar-refractivity contribution in [2.24, 2.45) is 5.92 Å². The summed E-state index contributed by atoms with van der Waals surface area (Å²) in [5, 5.41) is 9.62. The molecule has 0 saturated heterocycles. The molecule has 0 fully saturated rings. The van der Waals surface area contributed by atoms with Crippen LogP contribution in [0.15, 0.2) is 48.5 Å². The molecule has 0 aliphatic rings. The molecule has 4 aromatic rings. The van der Waals surface area contributed by atoms with Crippen LogP contribution in [0.4, 0.5) is 19.0 Å². The quantitative estimate of drug-likeness (QED) is 0.355. The summed E-state index contributed by atoms with van der Waals surface area (Å²) in [6.45, 7) is 6.79. The van der Waals surface area contributed by atoms with E-state index in [1.807, 2.05) is 61.6 Å². The van der Waals surface area contributed by atoms with E-state index in [1.54, 1.807) is 0 Å². The number of benzene rings is 2. The van der Waals surface area contributed by atoms with Crippen molar-refractivity contribution >= 4 is 23.0 Å². The van der Waals surface area contributed by atoms with E-state index in [1.165, 1.54) is 12.1 Å². The fourth-order valence-corrected chi connectivity index (χ4v) is 4.15. The van der Waals surface area contributed by atoms with Gasteiger partial charge < -0.3 is 14.6 Å². The number of halogens is 3. The van der Waals surface area contributed by atoms with Gasteiger partial charge in [-0.25, -0.2) is 19.7 Å². The van der Waals surface area contributed by atoms with Gasteiger partial charge in [-0.3, -0.25) is 0 Å². The van der Waals surface area contributed by atoms with E-state index >= 15 is 0 Å². The molecular formula is C26H26F3N5O2. The maximum absolute atomic E-state index is 13.1. The van der Waals surface area contributed by atoms with E-state index in [9.17, 15) is 23.1 Å². The zero-order chi connectivity index (χ0) is 26.2. The van der Waals surface area contributed by atoms with Crippen molar-refractivity contribution in [3.05, 3.63) is 71.0 Å². The minimum Gasteiger partial charge on any atom is -0.475 e. The lowest BCUT2D eigenvalue weighted by molar-refractivity contribution is -0.137. The standard InChI is InChI=1S/C26H26F3N5O2/c1-15(2)13-33(4)24-20-21(30-22(32-24)25(35)36)31-23(18-7-5-6-16(3)12-18)34(20)14-17-8-10-19(11-9-17)26(27,28)29/h5-12,15H,13-14H2,1-4H3,(H,35,36). The number of fused-ring (bicyclic) bond motifs is 1. The Morgan fingerprint density at radius 3 is 2.36 bits per heavy atom. The van der Waals surface area contributed by atoms with E-state index in [0.29, 0.717) is 29.3 Å². The van der Waals surface area contributed by atoms with Crippen LogP contribution in [0.5, 0.6) is 0 Å². The van der Waals surface area contributed by atoms with Crippen molar-refractivity contribution in [2.75, 3.05) is 18.5 Å². The average molecular weight is 498 g/mol. The number of anilines is 1. The van der Waals surface area contributed by atoms with E-state index < -0.39 is 17.7 Å². The number of aryl methyl sites for hydroxylation is 1. The molecule has 1 N–H and O–H groups in total. The Bertz CT molecular complexity index is 1410. The second-order valence-electron chi connectivity index (χ2n) is 9.21. The second kappa shape index (κ2) is 9.60. The molecule has 36 heavy (non-hydrogen) atoms. The minimum atomic E-state index is -4.43. The van der Waals surface area contributed by atoms with Crippen molar-refractivity contribution in [1.82, 2.24) is 19.5 Å². The lowest BCUT2D eigenvalue weighted by atomic mass is 10.1. The number of carbonyl (C=O) groups is 1. The third kappa shape index (κ3) is 5.17. The minimum absolute atomic E-state index is 0.191. The second-order valence-corrected chi connectivity index (χ2v) is 9.21. The molecule has 2 aromatic carbocycles. The number of alkyl halides is 3. The number of aromatic carboxylic acids is 1. The Morgan fingerprint density at radius 2 is 1.78 bits per heavy atom.